The Bertz CT molecular complexity index is 412. The molecule has 1 aliphatic rings. The number of aryl methyl sites for hydroxylation is 1. The molecule has 0 amide bonds. The first-order valence-electron chi connectivity index (χ1n) is 6.17. The molecular formula is C14H21NO. The lowest BCUT2D eigenvalue weighted by Gasteiger charge is -2.18. The van der Waals surface area contributed by atoms with Gasteiger partial charge in [0.05, 0.1) is 0 Å². The highest BCUT2D eigenvalue weighted by molar-refractivity contribution is 5.54. The van der Waals surface area contributed by atoms with E-state index in [1.165, 1.54) is 11.1 Å². The Kier molecular flexibility index (Phi) is 2.94. The minimum absolute atomic E-state index is 0.0257. The van der Waals surface area contributed by atoms with Gasteiger partial charge >= 0.3 is 0 Å². The summed E-state index contributed by atoms with van der Waals surface area (Å²) in [6.07, 6.45) is 3.02. The van der Waals surface area contributed by atoms with E-state index in [2.05, 4.69) is 26.8 Å². The number of benzene rings is 1. The number of rotatable bonds is 2. The zero-order valence-corrected chi connectivity index (χ0v) is 10.4. The van der Waals surface area contributed by atoms with Crippen molar-refractivity contribution in [2.75, 3.05) is 0 Å². The van der Waals surface area contributed by atoms with E-state index >= 15 is 0 Å². The zero-order valence-electron chi connectivity index (χ0n) is 10.4. The third-order valence-corrected chi connectivity index (χ3v) is 3.92. The number of nitrogens with two attached hydrogens (primary N) is 1. The largest absolute Gasteiger partial charge is 0.507 e. The molecule has 2 rings (SSSR count). The summed E-state index contributed by atoms with van der Waals surface area (Å²) in [5, 5.41) is 10.3. The molecule has 0 unspecified atom stereocenters. The van der Waals surface area contributed by atoms with Crippen molar-refractivity contribution < 1.29 is 5.11 Å². The van der Waals surface area contributed by atoms with Crippen molar-refractivity contribution >= 4 is 0 Å². The quantitative estimate of drug-likeness (QED) is 0.802. The van der Waals surface area contributed by atoms with Crippen LogP contribution in [0.1, 0.15) is 60.9 Å². The summed E-state index contributed by atoms with van der Waals surface area (Å²) in [5.41, 5.74) is 10.7. The van der Waals surface area contributed by atoms with Gasteiger partial charge in [0, 0.05) is 11.6 Å². The Hall–Kier alpha value is -1.02. The van der Waals surface area contributed by atoms with Crippen molar-refractivity contribution in [1.29, 1.82) is 0 Å². The van der Waals surface area contributed by atoms with Gasteiger partial charge in [0.25, 0.3) is 0 Å². The molecule has 1 aromatic carbocycles. The summed E-state index contributed by atoms with van der Waals surface area (Å²) in [6, 6.07) is 2.16. The van der Waals surface area contributed by atoms with Crippen LogP contribution in [0, 0.1) is 6.92 Å². The van der Waals surface area contributed by atoms with E-state index in [0.717, 1.165) is 30.4 Å². The highest BCUT2D eigenvalue weighted by Crippen LogP contribution is 2.42. The number of phenolic OH excluding ortho intramolecular Hbond substituents is 1. The van der Waals surface area contributed by atoms with Crippen molar-refractivity contribution in [3.63, 3.8) is 0 Å². The predicted octanol–water partition coefficient (Wildman–Crippen LogP) is 3.16. The molecule has 0 saturated carbocycles. The number of hydrogen-bond donors (Lipinski definition) is 2. The lowest BCUT2D eigenvalue weighted by atomic mass is 9.90. The molecule has 1 aromatic rings. The molecule has 2 nitrogen and oxygen atoms in total. The second kappa shape index (κ2) is 4.10. The van der Waals surface area contributed by atoms with E-state index in [1.54, 1.807) is 0 Å². The summed E-state index contributed by atoms with van der Waals surface area (Å²) in [5.74, 6) is 0.858. The maximum Gasteiger partial charge on any atom is 0.124 e. The fourth-order valence-corrected chi connectivity index (χ4v) is 2.67. The standard InChI is InChI=1S/C14H21NO/c1-4-8(2)11-7-9(3)10-5-6-12(15)13(10)14(11)16/h7-8,12,16H,4-6,15H2,1-3H3/t8-,12-/m1/s1. The van der Waals surface area contributed by atoms with Gasteiger partial charge in [0.1, 0.15) is 5.75 Å². The van der Waals surface area contributed by atoms with Crippen LogP contribution >= 0.6 is 0 Å². The topological polar surface area (TPSA) is 46.2 Å². The van der Waals surface area contributed by atoms with Gasteiger partial charge in [0.15, 0.2) is 0 Å². The van der Waals surface area contributed by atoms with E-state index in [1.807, 2.05) is 0 Å². The first-order chi connectivity index (χ1) is 7.56. The molecule has 0 heterocycles. The molecule has 1 aliphatic carbocycles. The van der Waals surface area contributed by atoms with E-state index in [0.29, 0.717) is 11.7 Å². The van der Waals surface area contributed by atoms with Gasteiger partial charge in [-0.2, -0.15) is 0 Å². The minimum Gasteiger partial charge on any atom is -0.507 e. The van der Waals surface area contributed by atoms with Crippen LogP contribution < -0.4 is 5.73 Å². The minimum atomic E-state index is 0.0257. The summed E-state index contributed by atoms with van der Waals surface area (Å²) < 4.78 is 0. The van der Waals surface area contributed by atoms with E-state index < -0.39 is 0 Å². The smallest absolute Gasteiger partial charge is 0.124 e. The Morgan fingerprint density at radius 2 is 2.25 bits per heavy atom. The second-order valence-electron chi connectivity index (χ2n) is 4.98. The van der Waals surface area contributed by atoms with Crippen molar-refractivity contribution in [2.24, 2.45) is 5.73 Å². The average molecular weight is 219 g/mol. The Morgan fingerprint density at radius 1 is 1.56 bits per heavy atom. The van der Waals surface area contributed by atoms with Crippen LogP contribution in [0.25, 0.3) is 0 Å². The Labute approximate surface area is 97.5 Å². The number of phenols is 1. The molecule has 0 aliphatic heterocycles. The molecule has 16 heavy (non-hydrogen) atoms. The van der Waals surface area contributed by atoms with Gasteiger partial charge in [-0.3, -0.25) is 0 Å². The first kappa shape index (κ1) is 11.5. The fourth-order valence-electron chi connectivity index (χ4n) is 2.67. The van der Waals surface area contributed by atoms with Crippen LogP contribution in [0.3, 0.4) is 0 Å². The number of fused-ring (bicyclic) bond motifs is 1. The molecule has 2 heteroatoms. The van der Waals surface area contributed by atoms with Crippen LogP contribution in [-0.2, 0) is 6.42 Å². The van der Waals surface area contributed by atoms with Gasteiger partial charge in [0.2, 0.25) is 0 Å². The van der Waals surface area contributed by atoms with Crippen molar-refractivity contribution in [3.05, 3.63) is 28.3 Å². The number of hydrogen-bond acceptors (Lipinski definition) is 2. The summed E-state index contributed by atoms with van der Waals surface area (Å²) in [6.45, 7) is 6.43. The van der Waals surface area contributed by atoms with Crippen molar-refractivity contribution in [2.45, 2.75) is 52.0 Å². The molecule has 0 radical (unpaired) electrons. The van der Waals surface area contributed by atoms with Crippen LogP contribution in [-0.4, -0.2) is 5.11 Å². The highest BCUT2D eigenvalue weighted by Gasteiger charge is 2.27. The van der Waals surface area contributed by atoms with Crippen LogP contribution in [0.2, 0.25) is 0 Å². The van der Waals surface area contributed by atoms with Crippen molar-refractivity contribution in [1.82, 2.24) is 0 Å². The molecule has 2 atom stereocenters. The first-order valence-corrected chi connectivity index (χ1v) is 6.17. The normalized spacial score (nSPS) is 20.9. The SMILES string of the molecule is CC[C@@H](C)c1cc(C)c2c(c1O)[C@H](N)CC2. The maximum atomic E-state index is 10.3. The molecule has 3 N–H and O–H groups in total. The molecule has 0 aromatic heterocycles. The average Bonchev–Trinajstić information content (AvgIpc) is 2.65. The van der Waals surface area contributed by atoms with Gasteiger partial charge in [-0.25, -0.2) is 0 Å². The van der Waals surface area contributed by atoms with Gasteiger partial charge < -0.3 is 10.8 Å². The van der Waals surface area contributed by atoms with E-state index in [9.17, 15) is 5.11 Å². The van der Waals surface area contributed by atoms with Gasteiger partial charge in [-0.1, -0.05) is 19.9 Å². The van der Waals surface area contributed by atoms with Crippen LogP contribution in [0.5, 0.6) is 5.75 Å². The second-order valence-corrected chi connectivity index (χ2v) is 4.98. The maximum absolute atomic E-state index is 10.3. The summed E-state index contributed by atoms with van der Waals surface area (Å²) in [4.78, 5) is 0. The fraction of sp³-hybridized carbons (Fsp3) is 0.571. The zero-order chi connectivity index (χ0) is 11.9. The third kappa shape index (κ3) is 1.61. The lowest BCUT2D eigenvalue weighted by molar-refractivity contribution is 0.450. The number of aromatic hydroxyl groups is 1. The predicted molar refractivity (Wildman–Crippen MR) is 66.8 cm³/mol. The molecule has 0 saturated heterocycles. The van der Waals surface area contributed by atoms with Gasteiger partial charge in [-0.05, 0) is 48.8 Å². The van der Waals surface area contributed by atoms with Crippen LogP contribution in [0.4, 0.5) is 0 Å². The molecule has 0 bridgehead atoms. The Balaban J connectivity index is 2.59. The Morgan fingerprint density at radius 3 is 2.88 bits per heavy atom. The molecule has 0 spiro atoms. The monoisotopic (exact) mass is 219 g/mol. The summed E-state index contributed by atoms with van der Waals surface area (Å²) in [7, 11) is 0. The highest BCUT2D eigenvalue weighted by atomic mass is 16.3. The lowest BCUT2D eigenvalue weighted by Crippen LogP contribution is -2.07. The molecule has 0 fully saturated rings. The van der Waals surface area contributed by atoms with Crippen molar-refractivity contribution in [3.8, 4) is 5.75 Å². The van der Waals surface area contributed by atoms with E-state index in [-0.39, 0.29) is 6.04 Å². The third-order valence-electron chi connectivity index (χ3n) is 3.92. The molecular weight excluding hydrogens is 198 g/mol. The van der Waals surface area contributed by atoms with E-state index in [4.69, 9.17) is 5.73 Å². The molecule has 88 valence electrons. The van der Waals surface area contributed by atoms with Crippen LogP contribution in [0.15, 0.2) is 6.07 Å². The summed E-state index contributed by atoms with van der Waals surface area (Å²) >= 11 is 0. The van der Waals surface area contributed by atoms with Gasteiger partial charge in [-0.15, -0.1) is 0 Å².